The molecule has 1 aliphatic rings. The van der Waals surface area contributed by atoms with Crippen molar-refractivity contribution in [2.45, 2.75) is 58.8 Å². The van der Waals surface area contributed by atoms with Crippen molar-refractivity contribution in [3.8, 4) is 11.5 Å². The monoisotopic (exact) mass is 423 g/mol. The van der Waals surface area contributed by atoms with E-state index < -0.39 is 0 Å². The first-order valence-electron chi connectivity index (χ1n) is 10.9. The van der Waals surface area contributed by atoms with Crippen molar-refractivity contribution >= 4 is 6.21 Å². The molecular formula is C26H33NO4. The molecule has 5 heteroatoms. The summed E-state index contributed by atoms with van der Waals surface area (Å²) in [6, 6.07) is 12.3. The van der Waals surface area contributed by atoms with E-state index in [1.807, 2.05) is 31.2 Å². The number of rotatable bonds is 10. The van der Waals surface area contributed by atoms with Gasteiger partial charge in [-0.25, -0.2) is 0 Å². The highest BCUT2D eigenvalue weighted by molar-refractivity contribution is 5.79. The van der Waals surface area contributed by atoms with Crippen LogP contribution in [0.25, 0.3) is 0 Å². The summed E-state index contributed by atoms with van der Waals surface area (Å²) in [6.07, 6.45) is 9.03. The van der Waals surface area contributed by atoms with Crippen LogP contribution in [0.3, 0.4) is 0 Å². The molecule has 1 saturated carbocycles. The molecule has 0 aromatic heterocycles. The Bertz CT molecular complexity index is 866. The van der Waals surface area contributed by atoms with Gasteiger partial charge in [-0.1, -0.05) is 41.6 Å². The Morgan fingerprint density at radius 3 is 2.42 bits per heavy atom. The fraction of sp³-hybridized carbons (Fsp3) is 0.423. The number of hydrogen-bond donors (Lipinski definition) is 0. The summed E-state index contributed by atoms with van der Waals surface area (Å²) in [6.45, 7) is 7.34. The number of ether oxygens (including phenoxy) is 3. The molecule has 0 N–H and O–H groups in total. The van der Waals surface area contributed by atoms with Crippen molar-refractivity contribution in [1.82, 2.24) is 0 Å². The summed E-state index contributed by atoms with van der Waals surface area (Å²) >= 11 is 0. The van der Waals surface area contributed by atoms with E-state index in [9.17, 15) is 0 Å². The van der Waals surface area contributed by atoms with Crippen molar-refractivity contribution in [3.05, 3.63) is 70.8 Å². The lowest BCUT2D eigenvalue weighted by molar-refractivity contribution is 0.0377. The van der Waals surface area contributed by atoms with Gasteiger partial charge in [0.1, 0.15) is 31.3 Å². The Labute approximate surface area is 185 Å². The second-order valence-electron chi connectivity index (χ2n) is 7.91. The lowest BCUT2D eigenvalue weighted by Gasteiger charge is -2.19. The zero-order valence-corrected chi connectivity index (χ0v) is 19.0. The van der Waals surface area contributed by atoms with Crippen LogP contribution in [0.4, 0.5) is 0 Å². The molecule has 5 nitrogen and oxygen atoms in total. The molecule has 166 valence electrons. The minimum Gasteiger partial charge on any atom is -0.490 e. The first-order valence-corrected chi connectivity index (χ1v) is 10.9. The van der Waals surface area contributed by atoms with Crippen LogP contribution in [0.5, 0.6) is 11.5 Å². The second kappa shape index (κ2) is 11.6. The van der Waals surface area contributed by atoms with Gasteiger partial charge in [-0.05, 0) is 68.0 Å². The van der Waals surface area contributed by atoms with E-state index >= 15 is 0 Å². The number of oxime groups is 1. The first-order chi connectivity index (χ1) is 15.1. The molecule has 2 unspecified atom stereocenters. The van der Waals surface area contributed by atoms with Crippen molar-refractivity contribution < 1.29 is 19.0 Å². The molecule has 0 aliphatic heterocycles. The molecule has 3 rings (SSSR count). The molecule has 0 radical (unpaired) electrons. The molecule has 0 heterocycles. The standard InChI is InChI=1S/C26H33NO4/c1-5-6-13-29-25-14-19(2)26(20(3)15-25)31-24-12-11-23(16-24)30-18-22-9-7-21(8-10-22)17-27-28-4/h5-10,14-15,17,23-24H,11-13,16,18H2,1-4H3/b6-5+,27-17-. The Morgan fingerprint density at radius 1 is 1.03 bits per heavy atom. The summed E-state index contributed by atoms with van der Waals surface area (Å²) in [7, 11) is 1.54. The van der Waals surface area contributed by atoms with E-state index in [-0.39, 0.29) is 12.2 Å². The third-order valence-corrected chi connectivity index (χ3v) is 5.41. The van der Waals surface area contributed by atoms with Gasteiger partial charge in [-0.15, -0.1) is 0 Å². The van der Waals surface area contributed by atoms with Crippen LogP contribution in [-0.4, -0.2) is 32.1 Å². The highest BCUT2D eigenvalue weighted by Gasteiger charge is 2.27. The summed E-state index contributed by atoms with van der Waals surface area (Å²) in [5, 5.41) is 3.78. The quantitative estimate of drug-likeness (QED) is 0.277. The van der Waals surface area contributed by atoms with Gasteiger partial charge in [0.15, 0.2) is 0 Å². The smallest absolute Gasteiger partial charge is 0.125 e. The van der Waals surface area contributed by atoms with E-state index in [0.717, 1.165) is 53.0 Å². The number of nitrogens with zero attached hydrogens (tertiary/aromatic N) is 1. The molecule has 2 atom stereocenters. The van der Waals surface area contributed by atoms with Gasteiger partial charge in [0.25, 0.3) is 0 Å². The third-order valence-electron chi connectivity index (χ3n) is 5.41. The van der Waals surface area contributed by atoms with Gasteiger partial charge < -0.3 is 19.0 Å². The average Bonchev–Trinajstić information content (AvgIpc) is 3.22. The first kappa shape index (κ1) is 22.9. The molecule has 0 bridgehead atoms. The predicted molar refractivity (Wildman–Crippen MR) is 124 cm³/mol. The van der Waals surface area contributed by atoms with Crippen LogP contribution in [0, 0.1) is 13.8 Å². The third kappa shape index (κ3) is 6.86. The molecule has 1 aliphatic carbocycles. The molecule has 1 fully saturated rings. The van der Waals surface area contributed by atoms with Crippen LogP contribution >= 0.6 is 0 Å². The normalized spacial score (nSPS) is 18.7. The molecule has 0 saturated heterocycles. The van der Waals surface area contributed by atoms with Crippen molar-refractivity contribution in [1.29, 1.82) is 0 Å². The van der Waals surface area contributed by atoms with Gasteiger partial charge in [0.2, 0.25) is 0 Å². The molecule has 0 amide bonds. The summed E-state index contributed by atoms with van der Waals surface area (Å²) in [4.78, 5) is 4.71. The van der Waals surface area contributed by atoms with Gasteiger partial charge in [0, 0.05) is 6.42 Å². The topological polar surface area (TPSA) is 49.3 Å². The fourth-order valence-electron chi connectivity index (χ4n) is 3.77. The Morgan fingerprint density at radius 2 is 1.74 bits per heavy atom. The maximum atomic E-state index is 6.38. The highest BCUT2D eigenvalue weighted by Crippen LogP contribution is 2.33. The van der Waals surface area contributed by atoms with Crippen LogP contribution in [0.15, 0.2) is 53.7 Å². The van der Waals surface area contributed by atoms with Crippen LogP contribution in [0.2, 0.25) is 0 Å². The van der Waals surface area contributed by atoms with Gasteiger partial charge >= 0.3 is 0 Å². The number of allylic oxidation sites excluding steroid dienone is 1. The van der Waals surface area contributed by atoms with Gasteiger partial charge in [0.05, 0.1) is 18.9 Å². The number of hydrogen-bond acceptors (Lipinski definition) is 5. The van der Waals surface area contributed by atoms with Gasteiger partial charge in [-0.3, -0.25) is 0 Å². The summed E-state index contributed by atoms with van der Waals surface area (Å²) < 4.78 is 18.3. The molecular weight excluding hydrogens is 390 g/mol. The average molecular weight is 424 g/mol. The van der Waals surface area contributed by atoms with E-state index in [2.05, 4.69) is 43.3 Å². The molecule has 31 heavy (non-hydrogen) atoms. The van der Waals surface area contributed by atoms with Crippen molar-refractivity contribution in [2.75, 3.05) is 13.7 Å². The number of benzene rings is 2. The Kier molecular flexibility index (Phi) is 8.53. The van der Waals surface area contributed by atoms with Crippen LogP contribution in [0.1, 0.15) is 48.4 Å². The maximum absolute atomic E-state index is 6.38. The summed E-state index contributed by atoms with van der Waals surface area (Å²) in [5.41, 5.74) is 4.37. The molecule has 2 aromatic rings. The largest absolute Gasteiger partial charge is 0.490 e. The molecule has 0 spiro atoms. The Balaban J connectivity index is 1.49. The minimum atomic E-state index is 0.185. The van der Waals surface area contributed by atoms with E-state index in [4.69, 9.17) is 19.0 Å². The molecule has 2 aromatic carbocycles. The fourth-order valence-corrected chi connectivity index (χ4v) is 3.77. The van der Waals surface area contributed by atoms with E-state index in [1.54, 1.807) is 6.21 Å². The van der Waals surface area contributed by atoms with Crippen molar-refractivity contribution in [3.63, 3.8) is 0 Å². The van der Waals surface area contributed by atoms with Crippen LogP contribution in [-0.2, 0) is 16.2 Å². The summed E-state index contributed by atoms with van der Waals surface area (Å²) in [5.74, 6) is 1.85. The predicted octanol–water partition coefficient (Wildman–Crippen LogP) is 5.76. The lowest BCUT2D eigenvalue weighted by atomic mass is 10.1. The van der Waals surface area contributed by atoms with Crippen LogP contribution < -0.4 is 9.47 Å². The highest BCUT2D eigenvalue weighted by atomic mass is 16.6. The van der Waals surface area contributed by atoms with E-state index in [0.29, 0.717) is 13.2 Å². The SMILES string of the molecule is C/C=C/COc1cc(C)c(OC2CCC(OCc3ccc(/C=N\OC)cc3)C2)c(C)c1. The van der Waals surface area contributed by atoms with Gasteiger partial charge in [-0.2, -0.15) is 0 Å². The second-order valence-corrected chi connectivity index (χ2v) is 7.91. The minimum absolute atomic E-state index is 0.185. The zero-order valence-electron chi connectivity index (χ0n) is 19.0. The van der Waals surface area contributed by atoms with Crippen molar-refractivity contribution in [2.24, 2.45) is 5.16 Å². The maximum Gasteiger partial charge on any atom is 0.125 e. The number of aryl methyl sites for hydroxylation is 2. The van der Waals surface area contributed by atoms with E-state index in [1.165, 1.54) is 7.11 Å². The zero-order chi connectivity index (χ0) is 22.1. The Hall–Kier alpha value is -2.79. The lowest BCUT2D eigenvalue weighted by Crippen LogP contribution is -2.16.